The summed E-state index contributed by atoms with van der Waals surface area (Å²) in [6.07, 6.45) is 2.93. The van der Waals surface area contributed by atoms with Crippen LogP contribution in [0.4, 0.5) is 0 Å². The van der Waals surface area contributed by atoms with E-state index in [1.165, 1.54) is 16.1 Å². The van der Waals surface area contributed by atoms with E-state index < -0.39 is 0 Å². The summed E-state index contributed by atoms with van der Waals surface area (Å²) in [6, 6.07) is 8.33. The van der Waals surface area contributed by atoms with Gasteiger partial charge in [-0.2, -0.15) is 0 Å². The zero-order chi connectivity index (χ0) is 14.9. The molecule has 1 unspecified atom stereocenters. The number of benzene rings is 1. The van der Waals surface area contributed by atoms with Crippen LogP contribution in [0.5, 0.6) is 10.9 Å². The van der Waals surface area contributed by atoms with Crippen LogP contribution in [-0.2, 0) is 18.4 Å². The lowest BCUT2D eigenvalue weighted by Crippen LogP contribution is -2.44. The topological polar surface area (TPSA) is 43.4 Å². The Kier molecular flexibility index (Phi) is 3.87. The first kappa shape index (κ1) is 14.4. The van der Waals surface area contributed by atoms with Crippen LogP contribution >= 0.6 is 11.3 Å². The number of aryl methyl sites for hydroxylation is 1. The maximum absolute atomic E-state index is 5.37. The lowest BCUT2D eigenvalue weighted by atomic mass is 9.78. The van der Waals surface area contributed by atoms with Gasteiger partial charge in [0.05, 0.1) is 19.9 Å². The van der Waals surface area contributed by atoms with Crippen LogP contribution in [0, 0.1) is 0 Å². The molecule has 0 aliphatic heterocycles. The van der Waals surface area contributed by atoms with E-state index in [1.54, 1.807) is 25.6 Å². The van der Waals surface area contributed by atoms with Gasteiger partial charge in [0.2, 0.25) is 0 Å². The number of rotatable bonds is 4. The second kappa shape index (κ2) is 5.66. The van der Waals surface area contributed by atoms with Crippen molar-refractivity contribution >= 4 is 11.3 Å². The van der Waals surface area contributed by atoms with Gasteiger partial charge in [-0.3, -0.25) is 0 Å². The summed E-state index contributed by atoms with van der Waals surface area (Å²) in [5, 5.41) is 4.30. The van der Waals surface area contributed by atoms with Gasteiger partial charge in [-0.1, -0.05) is 23.5 Å². The third-order valence-electron chi connectivity index (χ3n) is 4.29. The fourth-order valence-electron chi connectivity index (χ4n) is 3.00. The monoisotopic (exact) mass is 304 g/mol. The van der Waals surface area contributed by atoms with Gasteiger partial charge in [-0.25, -0.2) is 4.98 Å². The van der Waals surface area contributed by atoms with Crippen LogP contribution in [-0.4, -0.2) is 26.3 Å². The SMILES string of the molecule is CNC1(c2cccc(OC)c2)CCc2nc(OC)sc2C1. The van der Waals surface area contributed by atoms with Crippen LogP contribution in [0.15, 0.2) is 24.3 Å². The highest BCUT2D eigenvalue weighted by Gasteiger charge is 2.36. The first-order valence-corrected chi connectivity index (χ1v) is 7.88. The first-order chi connectivity index (χ1) is 10.2. The Morgan fingerprint density at radius 3 is 2.86 bits per heavy atom. The smallest absolute Gasteiger partial charge is 0.273 e. The molecule has 0 saturated heterocycles. The molecule has 0 radical (unpaired) electrons. The molecular formula is C16H20N2O2S. The highest BCUT2D eigenvalue weighted by atomic mass is 32.1. The zero-order valence-electron chi connectivity index (χ0n) is 12.6. The first-order valence-electron chi connectivity index (χ1n) is 7.07. The maximum atomic E-state index is 5.37. The van der Waals surface area contributed by atoms with Crippen molar-refractivity contribution in [1.82, 2.24) is 10.3 Å². The van der Waals surface area contributed by atoms with Gasteiger partial charge in [0.15, 0.2) is 0 Å². The molecule has 1 N–H and O–H groups in total. The fourth-order valence-corrected chi connectivity index (χ4v) is 4.03. The Morgan fingerprint density at radius 1 is 1.29 bits per heavy atom. The molecule has 0 saturated carbocycles. The number of ether oxygens (including phenoxy) is 2. The molecule has 21 heavy (non-hydrogen) atoms. The minimum absolute atomic E-state index is 0.0565. The van der Waals surface area contributed by atoms with Crippen LogP contribution in [0.3, 0.4) is 0 Å². The summed E-state index contributed by atoms with van der Waals surface area (Å²) in [7, 11) is 5.42. The van der Waals surface area contributed by atoms with E-state index in [9.17, 15) is 0 Å². The second-order valence-corrected chi connectivity index (χ2v) is 6.34. The maximum Gasteiger partial charge on any atom is 0.273 e. The van der Waals surface area contributed by atoms with Crippen molar-refractivity contribution in [3.63, 3.8) is 0 Å². The molecule has 1 aromatic carbocycles. The van der Waals surface area contributed by atoms with Crippen molar-refractivity contribution in [2.45, 2.75) is 24.8 Å². The molecule has 5 heteroatoms. The molecule has 0 bridgehead atoms. The molecule has 1 aliphatic rings. The molecule has 0 amide bonds. The van der Waals surface area contributed by atoms with Crippen molar-refractivity contribution in [1.29, 1.82) is 0 Å². The predicted molar refractivity (Wildman–Crippen MR) is 84.4 cm³/mol. The van der Waals surface area contributed by atoms with Gasteiger partial charge in [-0.15, -0.1) is 0 Å². The summed E-state index contributed by atoms with van der Waals surface area (Å²) < 4.78 is 10.6. The summed E-state index contributed by atoms with van der Waals surface area (Å²) in [4.78, 5) is 5.86. The Labute approximate surface area is 129 Å². The lowest BCUT2D eigenvalue weighted by Gasteiger charge is -2.37. The number of hydrogen-bond acceptors (Lipinski definition) is 5. The summed E-state index contributed by atoms with van der Waals surface area (Å²) in [5.74, 6) is 0.898. The zero-order valence-corrected chi connectivity index (χ0v) is 13.4. The molecule has 1 heterocycles. The highest BCUT2D eigenvalue weighted by molar-refractivity contribution is 7.13. The number of methoxy groups -OCH3 is 2. The largest absolute Gasteiger partial charge is 0.497 e. The molecule has 1 aliphatic carbocycles. The quantitative estimate of drug-likeness (QED) is 0.943. The van der Waals surface area contributed by atoms with Gasteiger partial charge in [0.1, 0.15) is 5.75 Å². The van der Waals surface area contributed by atoms with Crippen molar-refractivity contribution in [3.05, 3.63) is 40.4 Å². The van der Waals surface area contributed by atoms with Gasteiger partial charge in [0, 0.05) is 16.8 Å². The van der Waals surface area contributed by atoms with Gasteiger partial charge >= 0.3 is 0 Å². The van der Waals surface area contributed by atoms with Crippen LogP contribution in [0.1, 0.15) is 22.6 Å². The molecule has 3 rings (SSSR count). The molecule has 2 aromatic rings. The van der Waals surface area contributed by atoms with Crippen molar-refractivity contribution in [3.8, 4) is 10.9 Å². The van der Waals surface area contributed by atoms with E-state index in [4.69, 9.17) is 9.47 Å². The van der Waals surface area contributed by atoms with E-state index in [0.29, 0.717) is 0 Å². The Bertz CT molecular complexity index is 641. The summed E-state index contributed by atoms with van der Waals surface area (Å²) in [5.41, 5.74) is 2.40. The molecule has 0 fully saturated rings. The number of aromatic nitrogens is 1. The fraction of sp³-hybridized carbons (Fsp3) is 0.438. The number of hydrogen-bond donors (Lipinski definition) is 1. The van der Waals surface area contributed by atoms with E-state index in [2.05, 4.69) is 28.5 Å². The van der Waals surface area contributed by atoms with Crippen LogP contribution in [0.25, 0.3) is 0 Å². The molecule has 1 aromatic heterocycles. The third-order valence-corrected chi connectivity index (χ3v) is 5.34. The van der Waals surface area contributed by atoms with Gasteiger partial charge in [-0.05, 0) is 37.6 Å². The normalized spacial score (nSPS) is 20.9. The Hall–Kier alpha value is -1.59. The average Bonchev–Trinajstić information content (AvgIpc) is 2.96. The number of thiazole rings is 1. The third kappa shape index (κ3) is 2.51. The Morgan fingerprint density at radius 2 is 2.14 bits per heavy atom. The number of fused-ring (bicyclic) bond motifs is 1. The Balaban J connectivity index is 1.98. The highest BCUT2D eigenvalue weighted by Crippen LogP contribution is 2.40. The van der Waals surface area contributed by atoms with Crippen molar-refractivity contribution in [2.24, 2.45) is 0 Å². The lowest BCUT2D eigenvalue weighted by molar-refractivity contribution is 0.313. The van der Waals surface area contributed by atoms with E-state index in [-0.39, 0.29) is 5.54 Å². The molecule has 0 spiro atoms. The number of nitrogens with zero attached hydrogens (tertiary/aromatic N) is 1. The van der Waals surface area contributed by atoms with Crippen molar-refractivity contribution in [2.75, 3.05) is 21.3 Å². The average molecular weight is 304 g/mol. The van der Waals surface area contributed by atoms with Crippen LogP contribution < -0.4 is 14.8 Å². The second-order valence-electron chi connectivity index (χ2n) is 5.29. The molecular weight excluding hydrogens is 284 g/mol. The van der Waals surface area contributed by atoms with Crippen LogP contribution in [0.2, 0.25) is 0 Å². The standard InChI is InChI=1S/C16H20N2O2S/c1-17-16(11-5-4-6-12(9-11)19-2)8-7-13-14(10-16)21-15(18-13)20-3/h4-6,9,17H,7-8,10H2,1-3H3. The van der Waals surface area contributed by atoms with E-state index >= 15 is 0 Å². The molecule has 1 atom stereocenters. The predicted octanol–water partition coefficient (Wildman–Crippen LogP) is 2.76. The van der Waals surface area contributed by atoms with Gasteiger partial charge < -0.3 is 14.8 Å². The minimum atomic E-state index is -0.0565. The minimum Gasteiger partial charge on any atom is -0.497 e. The van der Waals surface area contributed by atoms with E-state index in [1.807, 2.05) is 13.1 Å². The number of likely N-dealkylation sites (N-methyl/N-ethyl adjacent to an activating group) is 1. The van der Waals surface area contributed by atoms with E-state index in [0.717, 1.165) is 30.2 Å². The molecule has 112 valence electrons. The van der Waals surface area contributed by atoms with Crippen molar-refractivity contribution < 1.29 is 9.47 Å². The summed E-state index contributed by atoms with van der Waals surface area (Å²) in [6.45, 7) is 0. The summed E-state index contributed by atoms with van der Waals surface area (Å²) >= 11 is 1.65. The number of nitrogens with one attached hydrogen (secondary N) is 1. The molecule has 4 nitrogen and oxygen atoms in total. The van der Waals surface area contributed by atoms with Gasteiger partial charge in [0.25, 0.3) is 5.19 Å².